The van der Waals surface area contributed by atoms with Crippen molar-refractivity contribution in [2.75, 3.05) is 6.61 Å². The van der Waals surface area contributed by atoms with Crippen molar-refractivity contribution >= 4 is 0 Å². The Labute approximate surface area is 109 Å². The molecule has 1 heteroatoms. The van der Waals surface area contributed by atoms with Crippen molar-refractivity contribution in [3.05, 3.63) is 0 Å². The number of hydrogen-bond donors (Lipinski definition) is 1. The Morgan fingerprint density at radius 1 is 0.647 bits per heavy atom. The Morgan fingerprint density at radius 3 is 1.59 bits per heavy atom. The Hall–Kier alpha value is -0.0400. The van der Waals surface area contributed by atoms with Gasteiger partial charge in [-0.1, -0.05) is 84.5 Å². The standard InChI is InChI=1S/C16H34O/c1-3-5-7-9-11-13-16(14-15-17)12-10-8-6-4-2/h16-17H,3-15H2,1-2H3. The number of hydrogen-bond acceptors (Lipinski definition) is 1. The van der Waals surface area contributed by atoms with Crippen LogP contribution in [0.3, 0.4) is 0 Å². The van der Waals surface area contributed by atoms with Crippen molar-refractivity contribution in [2.45, 2.75) is 90.9 Å². The average Bonchev–Trinajstić information content (AvgIpc) is 2.34. The molecule has 0 radical (unpaired) electrons. The van der Waals surface area contributed by atoms with Crippen LogP contribution in [-0.2, 0) is 0 Å². The minimum Gasteiger partial charge on any atom is -0.396 e. The average molecular weight is 242 g/mol. The van der Waals surface area contributed by atoms with Gasteiger partial charge in [0.05, 0.1) is 0 Å². The first kappa shape index (κ1) is 17.0. The third kappa shape index (κ3) is 12.2. The molecule has 0 amide bonds. The van der Waals surface area contributed by atoms with E-state index >= 15 is 0 Å². The second-order valence-electron chi connectivity index (χ2n) is 5.43. The van der Waals surface area contributed by atoms with E-state index in [9.17, 15) is 0 Å². The van der Waals surface area contributed by atoms with E-state index in [1.54, 1.807) is 0 Å². The van der Waals surface area contributed by atoms with E-state index in [0.29, 0.717) is 6.61 Å². The Bertz CT molecular complexity index is 133. The zero-order chi connectivity index (χ0) is 12.8. The molecule has 1 N–H and O–H groups in total. The molecule has 0 saturated carbocycles. The van der Waals surface area contributed by atoms with E-state index in [-0.39, 0.29) is 0 Å². The number of unbranched alkanes of at least 4 members (excludes halogenated alkanes) is 7. The van der Waals surface area contributed by atoms with E-state index in [2.05, 4.69) is 13.8 Å². The highest BCUT2D eigenvalue weighted by atomic mass is 16.3. The van der Waals surface area contributed by atoms with E-state index < -0.39 is 0 Å². The molecule has 0 saturated heterocycles. The fourth-order valence-corrected chi connectivity index (χ4v) is 2.51. The summed E-state index contributed by atoms with van der Waals surface area (Å²) in [5.41, 5.74) is 0. The lowest BCUT2D eigenvalue weighted by molar-refractivity contribution is 0.241. The minimum absolute atomic E-state index is 0.382. The van der Waals surface area contributed by atoms with E-state index in [1.807, 2.05) is 0 Å². The monoisotopic (exact) mass is 242 g/mol. The summed E-state index contributed by atoms with van der Waals surface area (Å²) in [4.78, 5) is 0. The van der Waals surface area contributed by atoms with Crippen LogP contribution in [0.2, 0.25) is 0 Å². The maximum Gasteiger partial charge on any atom is 0.0433 e. The van der Waals surface area contributed by atoms with Gasteiger partial charge in [-0.3, -0.25) is 0 Å². The van der Waals surface area contributed by atoms with Gasteiger partial charge < -0.3 is 5.11 Å². The van der Waals surface area contributed by atoms with Gasteiger partial charge in [0.1, 0.15) is 0 Å². The zero-order valence-electron chi connectivity index (χ0n) is 12.2. The fraction of sp³-hybridized carbons (Fsp3) is 1.00. The van der Waals surface area contributed by atoms with Gasteiger partial charge in [-0.2, -0.15) is 0 Å². The third-order valence-corrected chi connectivity index (χ3v) is 3.72. The molecule has 1 nitrogen and oxygen atoms in total. The van der Waals surface area contributed by atoms with Crippen molar-refractivity contribution in [3.8, 4) is 0 Å². The van der Waals surface area contributed by atoms with Gasteiger partial charge in [0, 0.05) is 6.61 Å². The number of rotatable bonds is 13. The van der Waals surface area contributed by atoms with Crippen LogP contribution < -0.4 is 0 Å². The molecule has 0 fully saturated rings. The lowest BCUT2D eigenvalue weighted by Crippen LogP contribution is -2.03. The summed E-state index contributed by atoms with van der Waals surface area (Å²) in [6, 6.07) is 0. The number of aliphatic hydroxyl groups excluding tert-OH is 1. The van der Waals surface area contributed by atoms with Crippen LogP contribution in [-0.4, -0.2) is 11.7 Å². The molecule has 1 atom stereocenters. The topological polar surface area (TPSA) is 20.2 Å². The van der Waals surface area contributed by atoms with Crippen LogP contribution in [0.5, 0.6) is 0 Å². The highest BCUT2D eigenvalue weighted by molar-refractivity contribution is 4.60. The van der Waals surface area contributed by atoms with Gasteiger partial charge in [0.2, 0.25) is 0 Å². The maximum absolute atomic E-state index is 9.08. The molecule has 104 valence electrons. The van der Waals surface area contributed by atoms with Gasteiger partial charge >= 0.3 is 0 Å². The van der Waals surface area contributed by atoms with E-state index in [4.69, 9.17) is 5.11 Å². The summed E-state index contributed by atoms with van der Waals surface area (Å²) in [7, 11) is 0. The quantitative estimate of drug-likeness (QED) is 0.434. The molecule has 0 aliphatic carbocycles. The molecular formula is C16H34O. The molecule has 0 rings (SSSR count). The summed E-state index contributed by atoms with van der Waals surface area (Å²) in [6.45, 7) is 4.91. The van der Waals surface area contributed by atoms with Gasteiger partial charge in [-0.05, 0) is 12.3 Å². The summed E-state index contributed by atoms with van der Waals surface area (Å²) >= 11 is 0. The van der Waals surface area contributed by atoms with Crippen molar-refractivity contribution in [1.82, 2.24) is 0 Å². The molecule has 0 spiro atoms. The summed E-state index contributed by atoms with van der Waals surface area (Å²) in [6.07, 6.45) is 16.1. The zero-order valence-corrected chi connectivity index (χ0v) is 12.2. The van der Waals surface area contributed by atoms with E-state index in [0.717, 1.165) is 12.3 Å². The Balaban J connectivity index is 3.45. The minimum atomic E-state index is 0.382. The first-order chi connectivity index (χ1) is 8.35. The first-order valence-electron chi connectivity index (χ1n) is 7.96. The molecule has 0 bridgehead atoms. The number of aliphatic hydroxyl groups is 1. The van der Waals surface area contributed by atoms with Gasteiger partial charge in [0.25, 0.3) is 0 Å². The summed E-state index contributed by atoms with van der Waals surface area (Å²) < 4.78 is 0. The molecule has 0 heterocycles. The predicted octanol–water partition coefficient (Wildman–Crippen LogP) is 5.32. The molecule has 0 aliphatic rings. The van der Waals surface area contributed by atoms with Crippen LogP contribution in [0.25, 0.3) is 0 Å². The highest BCUT2D eigenvalue weighted by Crippen LogP contribution is 2.21. The van der Waals surface area contributed by atoms with Crippen molar-refractivity contribution in [1.29, 1.82) is 0 Å². The maximum atomic E-state index is 9.08. The lowest BCUT2D eigenvalue weighted by atomic mass is 9.92. The molecule has 0 aromatic heterocycles. The lowest BCUT2D eigenvalue weighted by Gasteiger charge is -2.15. The smallest absolute Gasteiger partial charge is 0.0433 e. The SMILES string of the molecule is CCCCCCCC(CCO)CCCCCC. The second-order valence-corrected chi connectivity index (χ2v) is 5.43. The van der Waals surface area contributed by atoms with E-state index in [1.165, 1.54) is 70.6 Å². The molecule has 1 unspecified atom stereocenters. The van der Waals surface area contributed by atoms with Crippen LogP contribution in [0.1, 0.15) is 90.9 Å². The fourth-order valence-electron chi connectivity index (χ4n) is 2.51. The van der Waals surface area contributed by atoms with Crippen LogP contribution in [0.15, 0.2) is 0 Å². The largest absolute Gasteiger partial charge is 0.396 e. The van der Waals surface area contributed by atoms with Gasteiger partial charge in [-0.25, -0.2) is 0 Å². The van der Waals surface area contributed by atoms with Crippen LogP contribution >= 0.6 is 0 Å². The predicted molar refractivity (Wildman–Crippen MR) is 77.3 cm³/mol. The summed E-state index contributed by atoms with van der Waals surface area (Å²) in [5, 5.41) is 9.08. The van der Waals surface area contributed by atoms with Crippen molar-refractivity contribution < 1.29 is 5.11 Å². The first-order valence-corrected chi connectivity index (χ1v) is 7.96. The normalized spacial score (nSPS) is 12.9. The van der Waals surface area contributed by atoms with Crippen LogP contribution in [0.4, 0.5) is 0 Å². The van der Waals surface area contributed by atoms with Gasteiger partial charge in [0.15, 0.2) is 0 Å². The Kier molecular flexibility index (Phi) is 14.0. The molecule has 0 aromatic rings. The second kappa shape index (κ2) is 14.0. The third-order valence-electron chi connectivity index (χ3n) is 3.72. The van der Waals surface area contributed by atoms with Crippen molar-refractivity contribution in [3.63, 3.8) is 0 Å². The van der Waals surface area contributed by atoms with Crippen molar-refractivity contribution in [2.24, 2.45) is 5.92 Å². The molecular weight excluding hydrogens is 208 g/mol. The van der Waals surface area contributed by atoms with Crippen LogP contribution in [0, 0.1) is 5.92 Å². The molecule has 17 heavy (non-hydrogen) atoms. The summed E-state index contributed by atoms with van der Waals surface area (Å²) in [5.74, 6) is 0.790. The highest BCUT2D eigenvalue weighted by Gasteiger charge is 2.07. The Morgan fingerprint density at radius 2 is 1.12 bits per heavy atom. The molecule has 0 aliphatic heterocycles. The molecule has 0 aromatic carbocycles. The van der Waals surface area contributed by atoms with Gasteiger partial charge in [-0.15, -0.1) is 0 Å².